The highest BCUT2D eigenvalue weighted by Gasteiger charge is 2.21. The lowest BCUT2D eigenvalue weighted by molar-refractivity contribution is -0.123. The molecule has 174 valence electrons. The number of benzene rings is 1. The summed E-state index contributed by atoms with van der Waals surface area (Å²) in [6.07, 6.45) is -0.0770. The molecule has 32 heavy (non-hydrogen) atoms. The third-order valence-electron chi connectivity index (χ3n) is 4.34. The Kier molecular flexibility index (Phi) is 10.4. The lowest BCUT2D eigenvalue weighted by Crippen LogP contribution is -2.47. The van der Waals surface area contributed by atoms with Gasteiger partial charge in [0.25, 0.3) is 6.47 Å². The van der Waals surface area contributed by atoms with Crippen LogP contribution in [0.1, 0.15) is 18.2 Å². The lowest BCUT2D eigenvalue weighted by atomic mass is 10.2. The van der Waals surface area contributed by atoms with E-state index in [1.54, 1.807) is 6.07 Å². The average Bonchev–Trinajstić information content (AvgIpc) is 3.16. The first-order valence-electron chi connectivity index (χ1n) is 9.66. The summed E-state index contributed by atoms with van der Waals surface area (Å²) in [7, 11) is 0. The number of morpholine rings is 1. The Hall–Kier alpha value is -2.66. The molecule has 1 saturated heterocycles. The summed E-state index contributed by atoms with van der Waals surface area (Å²) in [6, 6.07) is 7.13. The summed E-state index contributed by atoms with van der Waals surface area (Å²) in [4.78, 5) is 33.7. The van der Waals surface area contributed by atoms with Crippen molar-refractivity contribution in [3.05, 3.63) is 45.6 Å². The van der Waals surface area contributed by atoms with Gasteiger partial charge in [-0.2, -0.15) is 0 Å². The van der Waals surface area contributed by atoms with Crippen molar-refractivity contribution in [1.82, 2.24) is 15.4 Å². The molecule has 2 amide bonds. The number of carbonyl (C=O) groups excluding carboxylic acids is 2. The van der Waals surface area contributed by atoms with Crippen LogP contribution < -0.4 is 10.6 Å². The molecule has 3 N–H and O–H groups in total. The predicted molar refractivity (Wildman–Crippen MR) is 118 cm³/mol. The molecule has 10 nitrogen and oxygen atoms in total. The number of rotatable bonds is 7. The molecule has 0 unspecified atom stereocenters. The van der Waals surface area contributed by atoms with E-state index < -0.39 is 0 Å². The van der Waals surface area contributed by atoms with Crippen molar-refractivity contribution in [3.63, 3.8) is 0 Å². The highest BCUT2D eigenvalue weighted by atomic mass is 35.5. The van der Waals surface area contributed by atoms with Crippen molar-refractivity contribution >= 4 is 47.3 Å². The van der Waals surface area contributed by atoms with Crippen molar-refractivity contribution in [3.8, 4) is 0 Å². The minimum Gasteiger partial charge on any atom is -0.483 e. The van der Waals surface area contributed by atoms with Crippen molar-refractivity contribution in [2.45, 2.75) is 26.0 Å². The number of nitrogens with one attached hydrogen (secondary N) is 2. The van der Waals surface area contributed by atoms with Crippen molar-refractivity contribution < 1.29 is 28.8 Å². The predicted octanol–water partition coefficient (Wildman–Crippen LogP) is 2.20. The second kappa shape index (κ2) is 13.0. The number of carbonyl (C=O) groups is 3. The van der Waals surface area contributed by atoms with Crippen LogP contribution in [0.3, 0.4) is 0 Å². The van der Waals surface area contributed by atoms with Gasteiger partial charge in [0.1, 0.15) is 5.76 Å². The zero-order valence-electron chi connectivity index (χ0n) is 17.3. The topological polar surface area (TPSA) is 134 Å². The Labute approximate surface area is 194 Å². The summed E-state index contributed by atoms with van der Waals surface area (Å²) >= 11 is 12.0. The molecule has 1 atom stereocenters. The molecule has 1 aromatic heterocycles. The van der Waals surface area contributed by atoms with Crippen LogP contribution >= 0.6 is 23.2 Å². The summed E-state index contributed by atoms with van der Waals surface area (Å²) in [5, 5.41) is 17.0. The number of hydrogen-bond acceptors (Lipinski definition) is 7. The molecule has 2 heterocycles. The number of aromatic nitrogens is 1. The highest BCUT2D eigenvalue weighted by molar-refractivity contribution is 6.42. The maximum Gasteiger partial charge on any atom is 0.290 e. The summed E-state index contributed by atoms with van der Waals surface area (Å²) in [5.74, 6) is 0.195. The molecule has 0 spiro atoms. The molecular weight excluding hydrogens is 463 g/mol. The first kappa shape index (κ1) is 25.6. The van der Waals surface area contributed by atoms with Gasteiger partial charge in [-0.15, -0.1) is 0 Å². The van der Waals surface area contributed by atoms with Gasteiger partial charge in [0.05, 0.1) is 29.2 Å². The number of amides is 2. The average molecular weight is 487 g/mol. The van der Waals surface area contributed by atoms with Gasteiger partial charge < -0.3 is 25.0 Å². The van der Waals surface area contributed by atoms with E-state index >= 15 is 0 Å². The summed E-state index contributed by atoms with van der Waals surface area (Å²) in [5.41, 5.74) is 1.07. The molecule has 1 aliphatic heterocycles. The molecule has 0 aliphatic carbocycles. The summed E-state index contributed by atoms with van der Waals surface area (Å²) < 4.78 is 10.8. The number of anilines is 1. The number of carboxylic acid groups (broad SMARTS) is 1. The van der Waals surface area contributed by atoms with Crippen LogP contribution in [-0.2, 0) is 32.1 Å². The number of nitrogens with zero attached hydrogens (tertiary/aromatic N) is 2. The van der Waals surface area contributed by atoms with Crippen molar-refractivity contribution in [2.24, 2.45) is 0 Å². The van der Waals surface area contributed by atoms with Gasteiger partial charge in [-0.1, -0.05) is 34.4 Å². The standard InChI is InChI=1S/C19H22Cl2N4O4.CH2O2/c1-12(26)23-18-7-14(29-24-18)8-19(27)22-9-15-11-25(4-5-28-15)10-13-2-3-16(20)17(21)6-13;2-1-3/h2-3,6-7,15H,4-5,8-11H2,1H3,(H,22,27)(H,23,24,26);1H,(H,2,3)/t15-;/m0./s1. The molecule has 0 radical (unpaired) electrons. The molecule has 1 aromatic carbocycles. The third kappa shape index (κ3) is 8.83. The third-order valence-corrected chi connectivity index (χ3v) is 5.08. The van der Waals surface area contributed by atoms with Gasteiger partial charge in [-0.3, -0.25) is 19.3 Å². The lowest BCUT2D eigenvalue weighted by Gasteiger charge is -2.33. The van der Waals surface area contributed by atoms with Crippen LogP contribution in [0.15, 0.2) is 28.8 Å². The molecule has 12 heteroatoms. The maximum absolute atomic E-state index is 12.1. The number of halogens is 2. The fourth-order valence-electron chi connectivity index (χ4n) is 3.03. The van der Waals surface area contributed by atoms with E-state index in [-0.39, 0.29) is 36.6 Å². The monoisotopic (exact) mass is 486 g/mol. The van der Waals surface area contributed by atoms with Crippen LogP contribution in [-0.4, -0.2) is 65.8 Å². The zero-order valence-corrected chi connectivity index (χ0v) is 18.9. The van der Waals surface area contributed by atoms with Crippen LogP contribution in [0.25, 0.3) is 0 Å². The summed E-state index contributed by atoms with van der Waals surface area (Å²) in [6.45, 7) is 4.32. The van der Waals surface area contributed by atoms with Gasteiger partial charge in [-0.05, 0) is 17.7 Å². The Morgan fingerprint density at radius 2 is 2.06 bits per heavy atom. The second-order valence-corrected chi connectivity index (χ2v) is 7.74. The molecular formula is C20H24Cl2N4O6. The molecule has 1 aliphatic rings. The van der Waals surface area contributed by atoms with Crippen LogP contribution in [0.5, 0.6) is 0 Å². The van der Waals surface area contributed by atoms with Gasteiger partial charge in [0.2, 0.25) is 11.8 Å². The fraction of sp³-hybridized carbons (Fsp3) is 0.400. The van der Waals surface area contributed by atoms with Crippen LogP contribution in [0.2, 0.25) is 10.0 Å². The largest absolute Gasteiger partial charge is 0.483 e. The van der Waals surface area contributed by atoms with E-state index in [4.69, 9.17) is 42.4 Å². The van der Waals surface area contributed by atoms with Gasteiger partial charge in [-0.25, -0.2) is 0 Å². The Bertz CT molecular complexity index is 923. The fourth-order valence-corrected chi connectivity index (χ4v) is 3.35. The minimum absolute atomic E-state index is 0.0340. The Morgan fingerprint density at radius 1 is 1.31 bits per heavy atom. The maximum atomic E-state index is 12.1. The minimum atomic E-state index is -0.255. The van der Waals surface area contributed by atoms with E-state index in [9.17, 15) is 9.59 Å². The normalized spacial score (nSPS) is 15.9. The first-order valence-corrected chi connectivity index (χ1v) is 10.4. The SMILES string of the molecule is CC(=O)Nc1cc(CC(=O)NC[C@H]2CN(Cc3ccc(Cl)c(Cl)c3)CCO2)on1.O=CO. The van der Waals surface area contributed by atoms with E-state index in [1.807, 2.05) is 12.1 Å². The van der Waals surface area contributed by atoms with Crippen molar-refractivity contribution in [2.75, 3.05) is 31.6 Å². The zero-order chi connectivity index (χ0) is 23.5. The van der Waals surface area contributed by atoms with Crippen molar-refractivity contribution in [1.29, 1.82) is 0 Å². The number of ether oxygens (including phenoxy) is 1. The van der Waals surface area contributed by atoms with Gasteiger partial charge in [0.15, 0.2) is 5.82 Å². The van der Waals surface area contributed by atoms with Crippen LogP contribution in [0, 0.1) is 0 Å². The number of hydrogen-bond donors (Lipinski definition) is 3. The smallest absolute Gasteiger partial charge is 0.290 e. The highest BCUT2D eigenvalue weighted by Crippen LogP contribution is 2.23. The van der Waals surface area contributed by atoms with E-state index in [2.05, 4.69) is 20.7 Å². The Balaban J connectivity index is 0.00000114. The Morgan fingerprint density at radius 3 is 2.75 bits per heavy atom. The van der Waals surface area contributed by atoms with E-state index in [0.29, 0.717) is 35.5 Å². The van der Waals surface area contributed by atoms with Gasteiger partial charge >= 0.3 is 0 Å². The van der Waals surface area contributed by atoms with Crippen LogP contribution in [0.4, 0.5) is 5.82 Å². The van der Waals surface area contributed by atoms with E-state index in [0.717, 1.165) is 18.7 Å². The molecule has 3 rings (SSSR count). The first-order chi connectivity index (χ1) is 15.3. The van der Waals surface area contributed by atoms with E-state index in [1.165, 1.54) is 13.0 Å². The molecule has 2 aromatic rings. The molecule has 0 saturated carbocycles. The quantitative estimate of drug-likeness (QED) is 0.507. The molecule has 1 fully saturated rings. The molecule has 0 bridgehead atoms. The van der Waals surface area contributed by atoms with Gasteiger partial charge in [0, 0.05) is 39.2 Å². The second-order valence-electron chi connectivity index (χ2n) is 6.92.